The molecule has 0 aliphatic rings. The average Bonchev–Trinajstić information content (AvgIpc) is 2.44. The third-order valence-electron chi connectivity index (χ3n) is 2.88. The Morgan fingerprint density at radius 3 is 2.30 bits per heavy atom. The Morgan fingerprint density at radius 1 is 1.10 bits per heavy atom. The lowest BCUT2D eigenvalue weighted by molar-refractivity contribution is -0.115. The third kappa shape index (κ3) is 4.03. The van der Waals surface area contributed by atoms with E-state index in [1.54, 1.807) is 0 Å². The predicted molar refractivity (Wildman–Crippen MR) is 86.0 cm³/mol. The molecule has 0 unspecified atom stereocenters. The smallest absolute Gasteiger partial charge is 0.237 e. The molecule has 0 aromatic heterocycles. The van der Waals surface area contributed by atoms with Gasteiger partial charge in [0.25, 0.3) is 0 Å². The third-order valence-corrected chi connectivity index (χ3v) is 3.99. The maximum Gasteiger partial charge on any atom is 0.237 e. The summed E-state index contributed by atoms with van der Waals surface area (Å²) < 4.78 is 0. The van der Waals surface area contributed by atoms with Crippen LogP contribution in [0.4, 0.5) is 11.4 Å². The molecule has 0 saturated carbocycles. The van der Waals surface area contributed by atoms with Crippen LogP contribution >= 0.6 is 11.8 Å². The number of aryl methyl sites for hydroxylation is 1. The lowest BCUT2D eigenvalue weighted by atomic mass is 10.2. The van der Waals surface area contributed by atoms with Crippen molar-refractivity contribution in [2.75, 3.05) is 11.1 Å². The van der Waals surface area contributed by atoms with Gasteiger partial charge in [-0.2, -0.15) is 0 Å². The number of amides is 1. The van der Waals surface area contributed by atoms with Crippen molar-refractivity contribution in [1.29, 1.82) is 0 Å². The number of carbonyl (C=O) groups is 1. The average molecular weight is 286 g/mol. The van der Waals surface area contributed by atoms with Gasteiger partial charge in [0.15, 0.2) is 0 Å². The molecule has 3 nitrogen and oxygen atoms in total. The zero-order valence-corrected chi connectivity index (χ0v) is 12.4. The van der Waals surface area contributed by atoms with Crippen LogP contribution in [-0.2, 0) is 4.79 Å². The minimum atomic E-state index is -0.167. The molecule has 2 aromatic carbocycles. The first-order chi connectivity index (χ1) is 9.54. The van der Waals surface area contributed by atoms with Gasteiger partial charge in [0.05, 0.1) is 5.25 Å². The molecular formula is C16H18N2OS. The Labute approximate surface area is 123 Å². The Hall–Kier alpha value is -1.94. The molecule has 0 aliphatic heterocycles. The fourth-order valence-electron chi connectivity index (χ4n) is 1.68. The number of thioether (sulfide) groups is 1. The lowest BCUT2D eigenvalue weighted by Gasteiger charge is -2.12. The van der Waals surface area contributed by atoms with Crippen LogP contribution in [-0.4, -0.2) is 11.2 Å². The lowest BCUT2D eigenvalue weighted by Crippen LogP contribution is -2.22. The Morgan fingerprint density at radius 2 is 1.70 bits per heavy atom. The molecule has 1 amide bonds. The predicted octanol–water partition coefficient (Wildman–Crippen LogP) is 3.70. The minimum absolute atomic E-state index is 0.00400. The number of anilines is 2. The van der Waals surface area contributed by atoms with E-state index in [1.807, 2.05) is 62.4 Å². The van der Waals surface area contributed by atoms with Crippen molar-refractivity contribution in [1.82, 2.24) is 0 Å². The molecule has 20 heavy (non-hydrogen) atoms. The van der Waals surface area contributed by atoms with Crippen LogP contribution in [0.15, 0.2) is 53.4 Å². The van der Waals surface area contributed by atoms with Crippen molar-refractivity contribution in [3.8, 4) is 0 Å². The van der Waals surface area contributed by atoms with Crippen molar-refractivity contribution in [3.63, 3.8) is 0 Å². The summed E-state index contributed by atoms with van der Waals surface area (Å²) in [6, 6.07) is 15.3. The van der Waals surface area contributed by atoms with Crippen molar-refractivity contribution in [2.24, 2.45) is 0 Å². The highest BCUT2D eigenvalue weighted by Crippen LogP contribution is 2.25. The summed E-state index contributed by atoms with van der Waals surface area (Å²) in [6.07, 6.45) is 0. The van der Waals surface area contributed by atoms with E-state index in [0.717, 1.165) is 16.3 Å². The normalized spacial score (nSPS) is 11.9. The van der Waals surface area contributed by atoms with Gasteiger partial charge in [0.2, 0.25) is 5.91 Å². The molecule has 0 radical (unpaired) electrons. The van der Waals surface area contributed by atoms with Gasteiger partial charge in [-0.15, -0.1) is 11.8 Å². The second-order valence-corrected chi connectivity index (χ2v) is 6.10. The molecular weight excluding hydrogens is 268 g/mol. The molecule has 3 N–H and O–H groups in total. The molecule has 2 aromatic rings. The van der Waals surface area contributed by atoms with Crippen LogP contribution in [0.5, 0.6) is 0 Å². The topological polar surface area (TPSA) is 55.1 Å². The van der Waals surface area contributed by atoms with Crippen molar-refractivity contribution < 1.29 is 4.79 Å². The van der Waals surface area contributed by atoms with Gasteiger partial charge in [-0.1, -0.05) is 17.7 Å². The summed E-state index contributed by atoms with van der Waals surface area (Å²) in [5.74, 6) is -0.00400. The van der Waals surface area contributed by atoms with Crippen molar-refractivity contribution in [2.45, 2.75) is 24.0 Å². The number of hydrogen-bond donors (Lipinski definition) is 2. The number of benzene rings is 2. The number of carbonyl (C=O) groups excluding carboxylic acids is 1. The first-order valence-corrected chi connectivity index (χ1v) is 7.32. The Bertz CT molecular complexity index is 578. The van der Waals surface area contributed by atoms with E-state index in [0.29, 0.717) is 0 Å². The standard InChI is InChI=1S/C16H18N2OS/c1-11-3-7-14(8-4-11)18-16(19)12(2)20-15-9-5-13(17)6-10-15/h3-10,12H,17H2,1-2H3,(H,18,19)/t12-/m0/s1. The molecule has 4 heteroatoms. The summed E-state index contributed by atoms with van der Waals surface area (Å²) in [4.78, 5) is 13.1. The quantitative estimate of drug-likeness (QED) is 0.665. The summed E-state index contributed by atoms with van der Waals surface area (Å²) >= 11 is 1.52. The van der Waals surface area contributed by atoms with E-state index in [2.05, 4.69) is 5.32 Å². The van der Waals surface area contributed by atoms with Gasteiger partial charge in [-0.05, 0) is 50.2 Å². The van der Waals surface area contributed by atoms with Crippen molar-refractivity contribution in [3.05, 3.63) is 54.1 Å². The van der Waals surface area contributed by atoms with Gasteiger partial charge in [0.1, 0.15) is 0 Å². The molecule has 0 aliphatic carbocycles. The van der Waals surface area contributed by atoms with E-state index in [1.165, 1.54) is 17.3 Å². The van der Waals surface area contributed by atoms with Crippen molar-refractivity contribution >= 4 is 29.0 Å². The molecule has 0 spiro atoms. The summed E-state index contributed by atoms with van der Waals surface area (Å²) in [5, 5.41) is 2.75. The molecule has 0 heterocycles. The minimum Gasteiger partial charge on any atom is -0.399 e. The fraction of sp³-hybridized carbons (Fsp3) is 0.188. The molecule has 104 valence electrons. The first-order valence-electron chi connectivity index (χ1n) is 6.44. The van der Waals surface area contributed by atoms with E-state index >= 15 is 0 Å². The number of nitrogen functional groups attached to an aromatic ring is 1. The Balaban J connectivity index is 1.94. The van der Waals surface area contributed by atoms with Crippen LogP contribution in [0.3, 0.4) is 0 Å². The van der Waals surface area contributed by atoms with E-state index in [-0.39, 0.29) is 11.2 Å². The van der Waals surface area contributed by atoms with E-state index < -0.39 is 0 Å². The van der Waals surface area contributed by atoms with Gasteiger partial charge in [-0.25, -0.2) is 0 Å². The Kier molecular flexibility index (Phi) is 4.69. The SMILES string of the molecule is Cc1ccc(NC(=O)[C@H](C)Sc2ccc(N)cc2)cc1. The number of hydrogen-bond acceptors (Lipinski definition) is 3. The van der Waals surface area contributed by atoms with Crippen LogP contribution < -0.4 is 11.1 Å². The summed E-state index contributed by atoms with van der Waals surface area (Å²) in [7, 11) is 0. The highest BCUT2D eigenvalue weighted by Gasteiger charge is 2.14. The van der Waals surface area contributed by atoms with Gasteiger partial charge < -0.3 is 11.1 Å². The van der Waals surface area contributed by atoms with Crippen LogP contribution in [0.1, 0.15) is 12.5 Å². The maximum atomic E-state index is 12.1. The second kappa shape index (κ2) is 6.48. The number of nitrogens with two attached hydrogens (primary N) is 1. The summed E-state index contributed by atoms with van der Waals surface area (Å²) in [5.41, 5.74) is 8.37. The number of rotatable bonds is 4. The zero-order valence-electron chi connectivity index (χ0n) is 11.6. The summed E-state index contributed by atoms with van der Waals surface area (Å²) in [6.45, 7) is 3.91. The largest absolute Gasteiger partial charge is 0.399 e. The van der Waals surface area contributed by atoms with Crippen LogP contribution in [0.25, 0.3) is 0 Å². The van der Waals surface area contributed by atoms with Crippen LogP contribution in [0, 0.1) is 6.92 Å². The molecule has 0 fully saturated rings. The second-order valence-electron chi connectivity index (χ2n) is 4.68. The molecule has 0 bridgehead atoms. The van der Waals surface area contributed by atoms with E-state index in [4.69, 9.17) is 5.73 Å². The monoisotopic (exact) mass is 286 g/mol. The first kappa shape index (κ1) is 14.5. The van der Waals surface area contributed by atoms with Gasteiger partial charge in [-0.3, -0.25) is 4.79 Å². The maximum absolute atomic E-state index is 12.1. The fourth-order valence-corrected chi connectivity index (χ4v) is 2.55. The molecule has 1 atom stereocenters. The number of nitrogens with one attached hydrogen (secondary N) is 1. The van der Waals surface area contributed by atoms with Gasteiger partial charge >= 0.3 is 0 Å². The van der Waals surface area contributed by atoms with Crippen LogP contribution in [0.2, 0.25) is 0 Å². The molecule has 2 rings (SSSR count). The molecule has 0 saturated heterocycles. The van der Waals surface area contributed by atoms with E-state index in [9.17, 15) is 4.79 Å². The highest BCUT2D eigenvalue weighted by molar-refractivity contribution is 8.00. The van der Waals surface area contributed by atoms with Gasteiger partial charge in [0, 0.05) is 16.3 Å². The highest BCUT2D eigenvalue weighted by atomic mass is 32.2. The zero-order chi connectivity index (χ0) is 14.5.